The summed E-state index contributed by atoms with van der Waals surface area (Å²) in [4.78, 5) is 16.7. The molecule has 6 nitrogen and oxygen atoms in total. The van der Waals surface area contributed by atoms with Crippen LogP contribution in [0.25, 0.3) is 11.8 Å². The highest BCUT2D eigenvalue weighted by atomic mass is 16.5. The first-order chi connectivity index (χ1) is 14.1. The van der Waals surface area contributed by atoms with E-state index in [2.05, 4.69) is 10.3 Å². The van der Waals surface area contributed by atoms with Gasteiger partial charge in [0, 0.05) is 24.3 Å². The zero-order chi connectivity index (χ0) is 20.2. The second-order valence-corrected chi connectivity index (χ2v) is 6.92. The van der Waals surface area contributed by atoms with Gasteiger partial charge in [0.15, 0.2) is 0 Å². The molecule has 1 amide bonds. The normalized spacial score (nSPS) is 15.6. The van der Waals surface area contributed by atoms with Gasteiger partial charge in [-0.05, 0) is 36.8 Å². The van der Waals surface area contributed by atoms with Crippen LogP contribution >= 0.6 is 0 Å². The summed E-state index contributed by atoms with van der Waals surface area (Å²) >= 11 is 0. The second kappa shape index (κ2) is 8.22. The number of amides is 1. The van der Waals surface area contributed by atoms with Gasteiger partial charge >= 0.3 is 0 Å². The monoisotopic (exact) mass is 389 g/mol. The Hall–Kier alpha value is -3.54. The largest absolute Gasteiger partial charge is 0.495 e. The number of hydrogen-bond acceptors (Lipinski definition) is 4. The summed E-state index contributed by atoms with van der Waals surface area (Å²) in [6.45, 7) is 2.54. The first-order valence-electron chi connectivity index (χ1n) is 9.53. The van der Waals surface area contributed by atoms with E-state index in [-0.39, 0.29) is 11.9 Å². The topological polar surface area (TPSA) is 65.4 Å². The Morgan fingerprint density at radius 3 is 2.97 bits per heavy atom. The zero-order valence-corrected chi connectivity index (χ0v) is 16.5. The van der Waals surface area contributed by atoms with Crippen LogP contribution in [0.5, 0.6) is 11.5 Å². The van der Waals surface area contributed by atoms with Crippen LogP contribution in [0.1, 0.15) is 29.3 Å². The van der Waals surface area contributed by atoms with Gasteiger partial charge < -0.3 is 19.4 Å². The number of benzene rings is 2. The van der Waals surface area contributed by atoms with Gasteiger partial charge in [0.25, 0.3) is 0 Å². The summed E-state index contributed by atoms with van der Waals surface area (Å²) < 4.78 is 13.1. The highest BCUT2D eigenvalue weighted by molar-refractivity contribution is 5.92. The van der Waals surface area contributed by atoms with E-state index in [1.807, 2.05) is 60.2 Å². The SMILES string of the molecule is COc1cc(/C=C/C(=O)N[C@H]2CCOc3ccccc32)ccc1-n1cnc(C)c1. The number of aromatic nitrogens is 2. The van der Waals surface area contributed by atoms with Gasteiger partial charge in [-0.25, -0.2) is 4.98 Å². The van der Waals surface area contributed by atoms with E-state index in [0.29, 0.717) is 12.4 Å². The molecule has 0 saturated carbocycles. The lowest BCUT2D eigenvalue weighted by Crippen LogP contribution is -2.30. The van der Waals surface area contributed by atoms with E-state index in [1.165, 1.54) is 0 Å². The molecule has 0 spiro atoms. The minimum atomic E-state index is -0.139. The van der Waals surface area contributed by atoms with Crippen LogP contribution in [0, 0.1) is 6.92 Å². The van der Waals surface area contributed by atoms with Crippen molar-refractivity contribution in [3.05, 3.63) is 77.9 Å². The first-order valence-corrected chi connectivity index (χ1v) is 9.53. The maximum atomic E-state index is 12.5. The molecule has 0 unspecified atom stereocenters. The Bertz CT molecular complexity index is 1060. The Morgan fingerprint density at radius 2 is 2.17 bits per heavy atom. The van der Waals surface area contributed by atoms with Gasteiger partial charge in [-0.3, -0.25) is 4.79 Å². The van der Waals surface area contributed by atoms with Gasteiger partial charge in [-0.1, -0.05) is 24.3 Å². The van der Waals surface area contributed by atoms with Crippen molar-refractivity contribution in [3.63, 3.8) is 0 Å². The van der Waals surface area contributed by atoms with Gasteiger partial charge in [-0.2, -0.15) is 0 Å². The predicted molar refractivity (Wildman–Crippen MR) is 111 cm³/mol. The van der Waals surface area contributed by atoms with E-state index in [1.54, 1.807) is 25.6 Å². The molecule has 0 radical (unpaired) electrons. The number of aryl methyl sites for hydroxylation is 1. The lowest BCUT2D eigenvalue weighted by atomic mass is 10.0. The molecule has 1 aromatic heterocycles. The van der Waals surface area contributed by atoms with Crippen LogP contribution in [0.15, 0.2) is 61.1 Å². The molecule has 1 aliphatic heterocycles. The van der Waals surface area contributed by atoms with Crippen molar-refractivity contribution in [2.75, 3.05) is 13.7 Å². The molecule has 2 heterocycles. The van der Waals surface area contributed by atoms with Crippen molar-refractivity contribution in [1.82, 2.24) is 14.9 Å². The Balaban J connectivity index is 1.47. The molecule has 1 aliphatic rings. The van der Waals surface area contributed by atoms with E-state index in [4.69, 9.17) is 9.47 Å². The molecule has 0 fully saturated rings. The fourth-order valence-electron chi connectivity index (χ4n) is 3.45. The Morgan fingerprint density at radius 1 is 1.31 bits per heavy atom. The second-order valence-electron chi connectivity index (χ2n) is 6.92. The van der Waals surface area contributed by atoms with Gasteiger partial charge in [0.05, 0.1) is 37.5 Å². The number of ether oxygens (including phenoxy) is 2. The molecular weight excluding hydrogens is 366 g/mol. The maximum absolute atomic E-state index is 12.5. The number of fused-ring (bicyclic) bond motifs is 1. The van der Waals surface area contributed by atoms with Crippen molar-refractivity contribution in [1.29, 1.82) is 0 Å². The highest BCUT2D eigenvalue weighted by Gasteiger charge is 2.21. The molecule has 0 bridgehead atoms. The number of imidazole rings is 1. The zero-order valence-electron chi connectivity index (χ0n) is 16.5. The van der Waals surface area contributed by atoms with Crippen LogP contribution in [-0.4, -0.2) is 29.2 Å². The number of hydrogen-bond donors (Lipinski definition) is 1. The van der Waals surface area contributed by atoms with Crippen LogP contribution in [-0.2, 0) is 4.79 Å². The van der Waals surface area contributed by atoms with E-state index in [0.717, 1.165) is 34.7 Å². The van der Waals surface area contributed by atoms with Crippen molar-refractivity contribution in [2.24, 2.45) is 0 Å². The smallest absolute Gasteiger partial charge is 0.244 e. The average molecular weight is 389 g/mol. The first kappa shape index (κ1) is 18.8. The Kier molecular flexibility index (Phi) is 5.33. The van der Waals surface area contributed by atoms with Crippen LogP contribution < -0.4 is 14.8 Å². The van der Waals surface area contributed by atoms with Crippen LogP contribution in [0.4, 0.5) is 0 Å². The molecule has 4 rings (SSSR count). The summed E-state index contributed by atoms with van der Waals surface area (Å²) in [5.41, 5.74) is 3.73. The highest BCUT2D eigenvalue weighted by Crippen LogP contribution is 2.31. The number of methoxy groups -OCH3 is 1. The van der Waals surface area contributed by atoms with Crippen molar-refractivity contribution in [2.45, 2.75) is 19.4 Å². The number of nitrogens with one attached hydrogen (secondary N) is 1. The van der Waals surface area contributed by atoms with Gasteiger partial charge in [-0.15, -0.1) is 0 Å². The number of carbonyl (C=O) groups is 1. The third kappa shape index (κ3) is 4.16. The van der Waals surface area contributed by atoms with E-state index >= 15 is 0 Å². The summed E-state index contributed by atoms with van der Waals surface area (Å²) in [6.07, 6.45) is 7.78. The number of nitrogens with zero attached hydrogens (tertiary/aromatic N) is 2. The molecular formula is C23H23N3O3. The molecule has 29 heavy (non-hydrogen) atoms. The number of carbonyl (C=O) groups excluding carboxylic acids is 1. The Labute approximate surface area is 169 Å². The van der Waals surface area contributed by atoms with Crippen molar-refractivity contribution < 1.29 is 14.3 Å². The lowest BCUT2D eigenvalue weighted by molar-refractivity contribution is -0.117. The molecule has 1 atom stereocenters. The van der Waals surface area contributed by atoms with Crippen LogP contribution in [0.2, 0.25) is 0 Å². The number of rotatable bonds is 5. The summed E-state index contributed by atoms with van der Waals surface area (Å²) in [7, 11) is 1.63. The molecule has 148 valence electrons. The minimum Gasteiger partial charge on any atom is -0.495 e. The maximum Gasteiger partial charge on any atom is 0.244 e. The van der Waals surface area contributed by atoms with Crippen LogP contribution in [0.3, 0.4) is 0 Å². The standard InChI is InChI=1S/C23H23N3O3/c1-16-14-26(15-24-16)20-9-7-17(13-22(20)28-2)8-10-23(27)25-19-11-12-29-21-6-4-3-5-18(19)21/h3-10,13-15,19H,11-12H2,1-2H3,(H,25,27)/b10-8+/t19-/m0/s1. The van der Waals surface area contributed by atoms with E-state index in [9.17, 15) is 4.79 Å². The summed E-state index contributed by atoms with van der Waals surface area (Å²) in [5, 5.41) is 3.06. The molecule has 2 aromatic carbocycles. The lowest BCUT2D eigenvalue weighted by Gasteiger charge is -2.26. The van der Waals surface area contributed by atoms with Crippen molar-refractivity contribution >= 4 is 12.0 Å². The molecule has 3 aromatic rings. The average Bonchev–Trinajstić information content (AvgIpc) is 3.18. The summed E-state index contributed by atoms with van der Waals surface area (Å²) in [6, 6.07) is 13.6. The molecule has 0 saturated heterocycles. The predicted octanol–water partition coefficient (Wildman–Crippen LogP) is 3.84. The fraction of sp³-hybridized carbons (Fsp3) is 0.217. The minimum absolute atomic E-state index is 0.0431. The fourth-order valence-corrected chi connectivity index (χ4v) is 3.45. The van der Waals surface area contributed by atoms with Gasteiger partial charge in [0.1, 0.15) is 11.5 Å². The van der Waals surface area contributed by atoms with E-state index < -0.39 is 0 Å². The summed E-state index contributed by atoms with van der Waals surface area (Å²) in [5.74, 6) is 1.41. The molecule has 0 aliphatic carbocycles. The van der Waals surface area contributed by atoms with Gasteiger partial charge in [0.2, 0.25) is 5.91 Å². The third-order valence-electron chi connectivity index (χ3n) is 4.90. The molecule has 6 heteroatoms. The number of para-hydroxylation sites is 1. The third-order valence-corrected chi connectivity index (χ3v) is 4.90. The quantitative estimate of drug-likeness (QED) is 0.674. The molecule has 1 N–H and O–H groups in total. The van der Waals surface area contributed by atoms with Crippen molar-refractivity contribution in [3.8, 4) is 17.2 Å².